The first-order valence-corrected chi connectivity index (χ1v) is 7.83. The summed E-state index contributed by atoms with van der Waals surface area (Å²) in [7, 11) is 0. The van der Waals surface area contributed by atoms with Crippen molar-refractivity contribution >= 4 is 23.1 Å². The Kier molecular flexibility index (Phi) is 4.55. The third-order valence-electron chi connectivity index (χ3n) is 3.91. The van der Waals surface area contributed by atoms with Crippen LogP contribution < -0.4 is 11.1 Å². The molecule has 1 aromatic rings. The highest BCUT2D eigenvalue weighted by molar-refractivity contribution is 8.00. The van der Waals surface area contributed by atoms with E-state index < -0.39 is 11.6 Å². The minimum atomic E-state index is -0.882. The maximum Gasteiger partial charge on any atom is 0.183 e. The molecule has 19 heavy (non-hydrogen) atoms. The summed E-state index contributed by atoms with van der Waals surface area (Å²) in [5.74, 6) is -1.74. The fraction of sp³-hybridized carbons (Fsp3) is 0.571. The molecule has 3 N–H and O–H groups in total. The Morgan fingerprint density at radius 1 is 1.26 bits per heavy atom. The van der Waals surface area contributed by atoms with Gasteiger partial charge in [0.1, 0.15) is 0 Å². The zero-order valence-corrected chi connectivity index (χ0v) is 12.0. The topological polar surface area (TPSA) is 38.0 Å². The predicted molar refractivity (Wildman–Crippen MR) is 78.6 cm³/mol. The Balaban J connectivity index is 2.11. The molecule has 5 heteroatoms. The number of anilines is 2. The van der Waals surface area contributed by atoms with Gasteiger partial charge in [-0.2, -0.15) is 11.8 Å². The first kappa shape index (κ1) is 14.4. The number of hydrogen-bond donors (Lipinski definition) is 2. The van der Waals surface area contributed by atoms with E-state index >= 15 is 0 Å². The Bertz CT molecular complexity index is 445. The molecular weight excluding hydrogens is 266 g/mol. The first-order chi connectivity index (χ1) is 9.08. The highest BCUT2D eigenvalue weighted by atomic mass is 32.2. The van der Waals surface area contributed by atoms with E-state index in [1.54, 1.807) is 0 Å². The zero-order valence-electron chi connectivity index (χ0n) is 11.1. The standard InChI is InChI=1S/C14H20F2N2S/c1-19-14(7-3-2-4-8-14)9-18-13-11(17)6-5-10(15)12(13)16/h5-6,18H,2-4,7-9,17H2,1H3. The smallest absolute Gasteiger partial charge is 0.183 e. The summed E-state index contributed by atoms with van der Waals surface area (Å²) >= 11 is 1.81. The number of benzene rings is 1. The quantitative estimate of drug-likeness (QED) is 0.821. The Morgan fingerprint density at radius 3 is 2.58 bits per heavy atom. The Morgan fingerprint density at radius 2 is 1.95 bits per heavy atom. The Hall–Kier alpha value is -0.970. The molecule has 0 amide bonds. The van der Waals surface area contributed by atoms with Crippen LogP contribution in [-0.2, 0) is 0 Å². The fourth-order valence-electron chi connectivity index (χ4n) is 2.64. The summed E-state index contributed by atoms with van der Waals surface area (Å²) in [6.45, 7) is 0.624. The highest BCUT2D eigenvalue weighted by Crippen LogP contribution is 2.39. The minimum Gasteiger partial charge on any atom is -0.397 e. The molecule has 1 aromatic carbocycles. The number of nitrogen functional groups attached to an aromatic ring is 1. The molecule has 2 rings (SSSR count). The molecule has 0 saturated heterocycles. The predicted octanol–water partition coefficient (Wildman–Crippen LogP) is 4.02. The van der Waals surface area contributed by atoms with Crippen LogP contribution >= 0.6 is 11.8 Å². The molecule has 0 unspecified atom stereocenters. The number of nitrogens with two attached hydrogens (primary N) is 1. The van der Waals surface area contributed by atoms with Crippen molar-refractivity contribution in [2.45, 2.75) is 36.9 Å². The molecule has 0 aromatic heterocycles. The van der Waals surface area contributed by atoms with E-state index in [1.165, 1.54) is 25.3 Å². The van der Waals surface area contributed by atoms with Crippen LogP contribution in [0.15, 0.2) is 12.1 Å². The van der Waals surface area contributed by atoms with Gasteiger partial charge in [-0.3, -0.25) is 0 Å². The second-order valence-electron chi connectivity index (χ2n) is 5.13. The van der Waals surface area contributed by atoms with Crippen LogP contribution in [0.1, 0.15) is 32.1 Å². The molecule has 2 nitrogen and oxygen atoms in total. The van der Waals surface area contributed by atoms with E-state index in [-0.39, 0.29) is 16.1 Å². The average Bonchev–Trinajstić information content (AvgIpc) is 2.44. The van der Waals surface area contributed by atoms with Gasteiger partial charge < -0.3 is 11.1 Å². The van der Waals surface area contributed by atoms with Gasteiger partial charge in [0.05, 0.1) is 11.4 Å². The summed E-state index contributed by atoms with van der Waals surface area (Å²) < 4.78 is 27.1. The lowest BCUT2D eigenvalue weighted by Crippen LogP contribution is -2.35. The van der Waals surface area contributed by atoms with E-state index in [0.29, 0.717) is 6.54 Å². The van der Waals surface area contributed by atoms with E-state index in [2.05, 4.69) is 11.6 Å². The van der Waals surface area contributed by atoms with Crippen molar-refractivity contribution in [3.63, 3.8) is 0 Å². The highest BCUT2D eigenvalue weighted by Gasteiger charge is 2.31. The summed E-state index contributed by atoms with van der Waals surface area (Å²) in [6.07, 6.45) is 7.96. The van der Waals surface area contributed by atoms with E-state index in [9.17, 15) is 8.78 Å². The molecule has 106 valence electrons. The lowest BCUT2D eigenvalue weighted by molar-refractivity contribution is 0.410. The van der Waals surface area contributed by atoms with Gasteiger partial charge in [0, 0.05) is 11.3 Å². The number of halogens is 2. The molecule has 0 spiro atoms. The van der Waals surface area contributed by atoms with Gasteiger partial charge in [-0.05, 0) is 31.2 Å². The molecule has 0 radical (unpaired) electrons. The molecule has 0 bridgehead atoms. The van der Waals surface area contributed by atoms with Crippen molar-refractivity contribution in [1.82, 2.24) is 0 Å². The van der Waals surface area contributed by atoms with Crippen LogP contribution in [0.4, 0.5) is 20.2 Å². The normalized spacial score (nSPS) is 18.3. The van der Waals surface area contributed by atoms with Crippen molar-refractivity contribution in [2.75, 3.05) is 23.9 Å². The molecular formula is C14H20F2N2S. The van der Waals surface area contributed by atoms with E-state index in [4.69, 9.17) is 5.73 Å². The summed E-state index contributed by atoms with van der Waals surface area (Å²) in [6, 6.07) is 2.45. The maximum atomic E-state index is 13.7. The minimum absolute atomic E-state index is 0.0963. The monoisotopic (exact) mass is 286 g/mol. The number of rotatable bonds is 4. The second-order valence-corrected chi connectivity index (χ2v) is 6.40. The van der Waals surface area contributed by atoms with Crippen molar-refractivity contribution in [3.8, 4) is 0 Å². The summed E-state index contributed by atoms with van der Waals surface area (Å²) in [4.78, 5) is 0. The molecule has 1 aliphatic carbocycles. The Labute approximate surface area is 117 Å². The summed E-state index contributed by atoms with van der Waals surface area (Å²) in [5, 5.41) is 3.02. The molecule has 0 heterocycles. The van der Waals surface area contributed by atoms with Crippen LogP contribution in [0.25, 0.3) is 0 Å². The molecule has 0 atom stereocenters. The first-order valence-electron chi connectivity index (χ1n) is 6.60. The number of nitrogens with one attached hydrogen (secondary N) is 1. The number of hydrogen-bond acceptors (Lipinski definition) is 3. The molecule has 1 fully saturated rings. The van der Waals surface area contributed by atoms with Gasteiger partial charge >= 0.3 is 0 Å². The van der Waals surface area contributed by atoms with Crippen molar-refractivity contribution in [1.29, 1.82) is 0 Å². The van der Waals surface area contributed by atoms with E-state index in [0.717, 1.165) is 18.9 Å². The van der Waals surface area contributed by atoms with Gasteiger partial charge in [-0.25, -0.2) is 8.78 Å². The van der Waals surface area contributed by atoms with Crippen LogP contribution in [0.5, 0.6) is 0 Å². The van der Waals surface area contributed by atoms with Crippen LogP contribution in [0.3, 0.4) is 0 Å². The lowest BCUT2D eigenvalue weighted by Gasteiger charge is -2.36. The van der Waals surface area contributed by atoms with Gasteiger partial charge in [-0.1, -0.05) is 19.3 Å². The van der Waals surface area contributed by atoms with Gasteiger partial charge in [0.15, 0.2) is 11.6 Å². The third kappa shape index (κ3) is 3.14. The molecule has 1 saturated carbocycles. The van der Waals surface area contributed by atoms with Gasteiger partial charge in [-0.15, -0.1) is 0 Å². The lowest BCUT2D eigenvalue weighted by atomic mass is 9.88. The van der Waals surface area contributed by atoms with E-state index in [1.807, 2.05) is 11.8 Å². The number of thioether (sulfide) groups is 1. The molecule has 0 aliphatic heterocycles. The maximum absolute atomic E-state index is 13.7. The van der Waals surface area contributed by atoms with Crippen LogP contribution in [0, 0.1) is 11.6 Å². The second kappa shape index (κ2) is 5.99. The summed E-state index contributed by atoms with van der Waals surface area (Å²) in [5.41, 5.74) is 6.07. The van der Waals surface area contributed by atoms with Crippen molar-refractivity contribution in [2.24, 2.45) is 0 Å². The largest absolute Gasteiger partial charge is 0.397 e. The molecule has 1 aliphatic rings. The van der Waals surface area contributed by atoms with Crippen molar-refractivity contribution < 1.29 is 8.78 Å². The van der Waals surface area contributed by atoms with Crippen LogP contribution in [-0.4, -0.2) is 17.5 Å². The zero-order chi connectivity index (χ0) is 13.9. The third-order valence-corrected chi connectivity index (χ3v) is 5.33. The van der Waals surface area contributed by atoms with Gasteiger partial charge in [0.2, 0.25) is 0 Å². The van der Waals surface area contributed by atoms with Gasteiger partial charge in [0.25, 0.3) is 0 Å². The average molecular weight is 286 g/mol. The van der Waals surface area contributed by atoms with Crippen LogP contribution in [0.2, 0.25) is 0 Å². The fourth-order valence-corrected chi connectivity index (χ4v) is 3.56. The van der Waals surface area contributed by atoms with Crippen molar-refractivity contribution in [3.05, 3.63) is 23.8 Å². The SMILES string of the molecule is CSC1(CNc2c(N)ccc(F)c2F)CCCCC1.